The summed E-state index contributed by atoms with van der Waals surface area (Å²) in [5.74, 6) is -0.357. The Balaban J connectivity index is 1.77. The van der Waals surface area contributed by atoms with Gasteiger partial charge in [0.1, 0.15) is 5.78 Å². The second-order valence-electron chi connectivity index (χ2n) is 6.38. The monoisotopic (exact) mass is 379 g/mol. The Morgan fingerprint density at radius 1 is 1.07 bits per heavy atom. The van der Waals surface area contributed by atoms with Crippen LogP contribution in [-0.4, -0.2) is 23.2 Å². The number of ketones is 1. The molecule has 1 amide bonds. The Morgan fingerprint density at radius 2 is 1.81 bits per heavy atom. The number of thiazole rings is 1. The van der Waals surface area contributed by atoms with Gasteiger partial charge in [-0.2, -0.15) is 0 Å². The number of aryl methyl sites for hydroxylation is 2. The van der Waals surface area contributed by atoms with Crippen LogP contribution in [0.25, 0.3) is 11.3 Å². The van der Waals surface area contributed by atoms with Gasteiger partial charge >= 0.3 is 0 Å². The summed E-state index contributed by atoms with van der Waals surface area (Å²) in [6.45, 7) is 5.57. The third kappa shape index (κ3) is 4.80. The average molecular weight is 379 g/mol. The molecule has 0 aliphatic heterocycles. The van der Waals surface area contributed by atoms with Crippen molar-refractivity contribution in [2.75, 3.05) is 11.9 Å². The maximum atomic E-state index is 12.1. The summed E-state index contributed by atoms with van der Waals surface area (Å²) in [6, 6.07) is 15.4. The fourth-order valence-electron chi connectivity index (χ4n) is 2.60. The summed E-state index contributed by atoms with van der Waals surface area (Å²) >= 11 is 1.57. The molecule has 0 saturated heterocycles. The maximum Gasteiger partial charge on any atom is 0.251 e. The first kappa shape index (κ1) is 18.8. The first-order chi connectivity index (χ1) is 12.9. The van der Waals surface area contributed by atoms with E-state index in [-0.39, 0.29) is 18.2 Å². The summed E-state index contributed by atoms with van der Waals surface area (Å²) < 4.78 is 0. The van der Waals surface area contributed by atoms with E-state index in [1.54, 1.807) is 29.5 Å². The van der Waals surface area contributed by atoms with Crippen molar-refractivity contribution < 1.29 is 9.59 Å². The molecule has 0 atom stereocenters. The molecule has 2 N–H and O–H groups in total. The van der Waals surface area contributed by atoms with Crippen molar-refractivity contribution in [1.82, 2.24) is 10.3 Å². The third-order valence-corrected chi connectivity index (χ3v) is 4.88. The molecule has 0 unspecified atom stereocenters. The summed E-state index contributed by atoms with van der Waals surface area (Å²) in [6.07, 6.45) is 0. The third-order valence-electron chi connectivity index (χ3n) is 4.00. The minimum atomic E-state index is -0.274. The van der Waals surface area contributed by atoms with Gasteiger partial charge in [0, 0.05) is 21.7 Å². The van der Waals surface area contributed by atoms with Crippen LogP contribution >= 0.6 is 11.3 Å². The molecule has 2 aromatic carbocycles. The SMILES string of the molecule is CC(=O)CNC(=O)c1cccc(Nc2nc(-c3ccc(C)cc3)c(C)s2)c1. The first-order valence-corrected chi connectivity index (χ1v) is 9.43. The van der Waals surface area contributed by atoms with Gasteiger partial charge in [-0.05, 0) is 39.0 Å². The standard InChI is InChI=1S/C21H21N3O2S/c1-13-7-9-16(10-8-13)19-15(3)27-21(24-19)23-18-6-4-5-17(11-18)20(26)22-12-14(2)25/h4-11H,12H2,1-3H3,(H,22,26)(H,23,24). The Bertz CT molecular complexity index is 977. The van der Waals surface area contributed by atoms with Crippen molar-refractivity contribution >= 4 is 33.8 Å². The van der Waals surface area contributed by atoms with Crippen LogP contribution in [0.2, 0.25) is 0 Å². The lowest BCUT2D eigenvalue weighted by Gasteiger charge is -2.06. The van der Waals surface area contributed by atoms with Crippen molar-refractivity contribution in [2.24, 2.45) is 0 Å². The van der Waals surface area contributed by atoms with E-state index in [4.69, 9.17) is 4.98 Å². The Labute approximate surface area is 162 Å². The molecule has 0 saturated carbocycles. The van der Waals surface area contributed by atoms with E-state index in [1.165, 1.54) is 12.5 Å². The number of aromatic nitrogens is 1. The zero-order chi connectivity index (χ0) is 19.4. The van der Waals surface area contributed by atoms with Gasteiger partial charge < -0.3 is 10.6 Å². The molecule has 0 aliphatic carbocycles. The molecule has 0 bridgehead atoms. The lowest BCUT2D eigenvalue weighted by Crippen LogP contribution is -2.28. The predicted molar refractivity (Wildman–Crippen MR) is 110 cm³/mol. The number of hydrogen-bond acceptors (Lipinski definition) is 5. The summed E-state index contributed by atoms with van der Waals surface area (Å²) in [5, 5.41) is 6.63. The molecule has 27 heavy (non-hydrogen) atoms. The zero-order valence-corrected chi connectivity index (χ0v) is 16.3. The lowest BCUT2D eigenvalue weighted by atomic mass is 10.1. The topological polar surface area (TPSA) is 71.1 Å². The van der Waals surface area contributed by atoms with Crippen LogP contribution in [0.4, 0.5) is 10.8 Å². The molecule has 0 spiro atoms. The van der Waals surface area contributed by atoms with Crippen LogP contribution in [0.3, 0.4) is 0 Å². The molecule has 138 valence electrons. The van der Waals surface area contributed by atoms with Gasteiger partial charge in [-0.3, -0.25) is 9.59 Å². The Morgan fingerprint density at radius 3 is 2.52 bits per heavy atom. The highest BCUT2D eigenvalue weighted by molar-refractivity contribution is 7.16. The van der Waals surface area contributed by atoms with E-state index in [9.17, 15) is 9.59 Å². The van der Waals surface area contributed by atoms with E-state index < -0.39 is 0 Å². The smallest absolute Gasteiger partial charge is 0.251 e. The second kappa shape index (κ2) is 8.14. The van der Waals surface area contributed by atoms with Crippen molar-refractivity contribution in [3.05, 3.63) is 64.5 Å². The molecule has 0 fully saturated rings. The van der Waals surface area contributed by atoms with Crippen LogP contribution in [0.5, 0.6) is 0 Å². The molecule has 0 aliphatic rings. The molecular formula is C21H21N3O2S. The fourth-order valence-corrected chi connectivity index (χ4v) is 3.45. The number of benzene rings is 2. The fraction of sp³-hybridized carbons (Fsp3) is 0.190. The van der Waals surface area contributed by atoms with E-state index in [2.05, 4.69) is 41.8 Å². The summed E-state index contributed by atoms with van der Waals surface area (Å²) in [5.41, 5.74) is 4.52. The van der Waals surface area contributed by atoms with Crippen molar-refractivity contribution in [2.45, 2.75) is 20.8 Å². The number of nitrogens with zero attached hydrogens (tertiary/aromatic N) is 1. The number of rotatable bonds is 6. The molecule has 5 nitrogen and oxygen atoms in total. The lowest BCUT2D eigenvalue weighted by molar-refractivity contribution is -0.116. The molecular weight excluding hydrogens is 358 g/mol. The van der Waals surface area contributed by atoms with E-state index in [0.717, 1.165) is 27.0 Å². The predicted octanol–water partition coefficient (Wildman–Crippen LogP) is 4.49. The van der Waals surface area contributed by atoms with E-state index >= 15 is 0 Å². The first-order valence-electron chi connectivity index (χ1n) is 8.61. The quantitative estimate of drug-likeness (QED) is 0.662. The molecule has 1 heterocycles. The number of amides is 1. The largest absolute Gasteiger partial charge is 0.345 e. The Hall–Kier alpha value is -2.99. The number of carbonyl (C=O) groups is 2. The minimum Gasteiger partial charge on any atom is -0.345 e. The van der Waals surface area contributed by atoms with Crippen LogP contribution < -0.4 is 10.6 Å². The highest BCUT2D eigenvalue weighted by Crippen LogP contribution is 2.32. The van der Waals surface area contributed by atoms with Crippen LogP contribution in [0.15, 0.2) is 48.5 Å². The second-order valence-corrected chi connectivity index (χ2v) is 7.58. The van der Waals surface area contributed by atoms with Gasteiger partial charge in [-0.25, -0.2) is 4.98 Å². The number of Topliss-reactive ketones (excluding diaryl/α,β-unsaturated/α-hetero) is 1. The van der Waals surface area contributed by atoms with Crippen molar-refractivity contribution in [3.8, 4) is 11.3 Å². The number of anilines is 2. The molecule has 3 rings (SSSR count). The maximum absolute atomic E-state index is 12.1. The number of hydrogen-bond donors (Lipinski definition) is 2. The van der Waals surface area contributed by atoms with Gasteiger partial charge in [0.2, 0.25) is 0 Å². The highest BCUT2D eigenvalue weighted by atomic mass is 32.1. The Kier molecular flexibility index (Phi) is 5.66. The van der Waals surface area contributed by atoms with Crippen molar-refractivity contribution in [3.63, 3.8) is 0 Å². The van der Waals surface area contributed by atoms with Crippen molar-refractivity contribution in [1.29, 1.82) is 0 Å². The molecule has 6 heteroatoms. The van der Waals surface area contributed by atoms with Gasteiger partial charge in [-0.15, -0.1) is 11.3 Å². The zero-order valence-electron chi connectivity index (χ0n) is 15.5. The van der Waals surface area contributed by atoms with Crippen LogP contribution in [0, 0.1) is 13.8 Å². The summed E-state index contributed by atoms with van der Waals surface area (Å²) in [4.78, 5) is 29.0. The van der Waals surface area contributed by atoms with Gasteiger partial charge in [0.05, 0.1) is 12.2 Å². The highest BCUT2D eigenvalue weighted by Gasteiger charge is 2.11. The molecule has 0 radical (unpaired) electrons. The van der Waals surface area contributed by atoms with Gasteiger partial charge in [0.25, 0.3) is 5.91 Å². The minimum absolute atomic E-state index is 0.0298. The number of carbonyl (C=O) groups excluding carboxylic acids is 2. The van der Waals surface area contributed by atoms with Crippen LogP contribution in [0.1, 0.15) is 27.7 Å². The van der Waals surface area contributed by atoms with E-state index in [0.29, 0.717) is 5.56 Å². The average Bonchev–Trinajstić information content (AvgIpc) is 3.00. The molecule has 3 aromatic rings. The normalized spacial score (nSPS) is 10.5. The molecule has 1 aromatic heterocycles. The number of nitrogens with one attached hydrogen (secondary N) is 2. The van der Waals surface area contributed by atoms with E-state index in [1.807, 2.05) is 13.0 Å². The summed E-state index contributed by atoms with van der Waals surface area (Å²) in [7, 11) is 0. The van der Waals surface area contributed by atoms with Crippen LogP contribution in [-0.2, 0) is 4.79 Å². The van der Waals surface area contributed by atoms with Gasteiger partial charge in [0.15, 0.2) is 5.13 Å². The van der Waals surface area contributed by atoms with Gasteiger partial charge in [-0.1, -0.05) is 35.9 Å².